The van der Waals surface area contributed by atoms with Gasteiger partial charge in [-0.1, -0.05) is 18.7 Å². The molecule has 1 atom stereocenters. The van der Waals surface area contributed by atoms with Crippen LogP contribution in [0.3, 0.4) is 0 Å². The Hall–Kier alpha value is -1.59. The summed E-state index contributed by atoms with van der Waals surface area (Å²) in [6.45, 7) is 4.65. The van der Waals surface area contributed by atoms with Crippen LogP contribution in [0.25, 0.3) is 0 Å². The Bertz CT molecular complexity index is 618. The number of hydrogen-bond donors (Lipinski definition) is 2. The Balaban J connectivity index is 2.42. The van der Waals surface area contributed by atoms with Gasteiger partial charge in [0, 0.05) is 12.8 Å². The summed E-state index contributed by atoms with van der Waals surface area (Å²) in [6, 6.07) is 2.30. The molecule has 21 heavy (non-hydrogen) atoms. The Morgan fingerprint density at radius 1 is 1.48 bits per heavy atom. The van der Waals surface area contributed by atoms with Crippen LogP contribution in [0, 0.1) is 11.3 Å². The Morgan fingerprint density at radius 2 is 2.19 bits per heavy atom. The summed E-state index contributed by atoms with van der Waals surface area (Å²) in [5.74, 6) is 0.778. The molecule has 1 aromatic heterocycles. The van der Waals surface area contributed by atoms with Crippen LogP contribution < -0.4 is 16.4 Å². The zero-order valence-corrected chi connectivity index (χ0v) is 13.4. The highest BCUT2D eigenvalue weighted by molar-refractivity contribution is 7.99. The Labute approximate surface area is 127 Å². The normalized spacial score (nSPS) is 13.6. The number of nitrogens with one attached hydrogen (secondary N) is 2. The van der Waals surface area contributed by atoms with E-state index in [0.717, 1.165) is 31.6 Å². The van der Waals surface area contributed by atoms with Crippen molar-refractivity contribution in [3.8, 4) is 6.07 Å². The van der Waals surface area contributed by atoms with Crippen molar-refractivity contribution in [3.05, 3.63) is 20.7 Å². The third-order valence-electron chi connectivity index (χ3n) is 3.06. The van der Waals surface area contributed by atoms with Crippen LogP contribution in [0.4, 0.5) is 0 Å². The van der Waals surface area contributed by atoms with E-state index in [-0.39, 0.29) is 0 Å². The van der Waals surface area contributed by atoms with Gasteiger partial charge in [0.05, 0.1) is 6.07 Å². The molecule has 0 spiro atoms. The van der Waals surface area contributed by atoms with E-state index in [4.69, 9.17) is 5.26 Å². The maximum Gasteiger partial charge on any atom is 0.339 e. The number of nitriles is 1. The molecule has 0 saturated carbocycles. The summed E-state index contributed by atoms with van der Waals surface area (Å²) < 4.78 is 1.45. The molecular formula is C13H21N5O2S. The first-order valence-corrected chi connectivity index (χ1v) is 7.87. The van der Waals surface area contributed by atoms with Gasteiger partial charge >= 0.3 is 11.1 Å². The van der Waals surface area contributed by atoms with Gasteiger partial charge in [0.15, 0.2) is 5.16 Å². The molecule has 7 nitrogen and oxygen atoms in total. The van der Waals surface area contributed by atoms with Crippen molar-refractivity contribution in [3.63, 3.8) is 0 Å². The van der Waals surface area contributed by atoms with E-state index in [1.54, 1.807) is 7.05 Å². The van der Waals surface area contributed by atoms with E-state index in [2.05, 4.69) is 21.5 Å². The van der Waals surface area contributed by atoms with Crippen LogP contribution in [0.15, 0.2) is 14.7 Å². The minimum absolute atomic E-state index is 0.484. The molecule has 0 amide bonds. The zero-order chi connectivity index (χ0) is 15.9. The van der Waals surface area contributed by atoms with Gasteiger partial charge in [0.25, 0.3) is 0 Å². The molecule has 8 heteroatoms. The van der Waals surface area contributed by atoms with Gasteiger partial charge < -0.3 is 0 Å². The predicted molar refractivity (Wildman–Crippen MR) is 82.4 cm³/mol. The smallest absolute Gasteiger partial charge is 0.300 e. The largest absolute Gasteiger partial charge is 0.339 e. The second-order valence-electron chi connectivity index (χ2n) is 4.98. The van der Waals surface area contributed by atoms with E-state index < -0.39 is 16.7 Å². The molecule has 0 aliphatic rings. The highest BCUT2D eigenvalue weighted by Gasteiger charge is 2.21. The lowest BCUT2D eigenvalue weighted by molar-refractivity contribution is 0.415. The van der Waals surface area contributed by atoms with Gasteiger partial charge in [0.2, 0.25) is 0 Å². The molecule has 1 rings (SSSR count). The summed E-state index contributed by atoms with van der Waals surface area (Å²) in [5, 5.41) is 15.2. The van der Waals surface area contributed by atoms with E-state index >= 15 is 0 Å². The first kappa shape index (κ1) is 17.5. The van der Waals surface area contributed by atoms with Gasteiger partial charge in [-0.2, -0.15) is 10.2 Å². The summed E-state index contributed by atoms with van der Waals surface area (Å²) in [4.78, 5) is 26.0. The van der Waals surface area contributed by atoms with Crippen molar-refractivity contribution in [1.29, 1.82) is 5.26 Å². The SMILES string of the molecule is CCNC(C)(C#N)CCCCSc1nc(=O)c(=O)[nH]n1C. The fraction of sp³-hybridized carbons (Fsp3) is 0.692. The van der Waals surface area contributed by atoms with Gasteiger partial charge in [-0.25, -0.2) is 0 Å². The van der Waals surface area contributed by atoms with E-state index in [1.165, 1.54) is 16.4 Å². The van der Waals surface area contributed by atoms with Crippen molar-refractivity contribution in [1.82, 2.24) is 20.1 Å². The molecule has 0 radical (unpaired) electrons. The van der Waals surface area contributed by atoms with Crippen LogP contribution >= 0.6 is 11.8 Å². The van der Waals surface area contributed by atoms with Crippen molar-refractivity contribution in [2.75, 3.05) is 12.3 Å². The van der Waals surface area contributed by atoms with Crippen LogP contribution in [-0.2, 0) is 7.05 Å². The topological polar surface area (TPSA) is 104 Å². The highest BCUT2D eigenvalue weighted by atomic mass is 32.2. The summed E-state index contributed by atoms with van der Waals surface area (Å²) >= 11 is 1.42. The average Bonchev–Trinajstić information content (AvgIpc) is 2.44. The molecule has 116 valence electrons. The van der Waals surface area contributed by atoms with Crippen molar-refractivity contribution >= 4 is 11.8 Å². The molecule has 0 aliphatic heterocycles. The standard InChI is InChI=1S/C13H21N5O2S/c1-4-15-13(2,9-14)7-5-6-8-21-12-16-10(19)11(20)17-18(12)3/h15H,4-8H2,1-3H3,(H,17,20). The fourth-order valence-corrected chi connectivity index (χ4v) is 2.83. The van der Waals surface area contributed by atoms with Gasteiger partial charge in [-0.05, 0) is 32.7 Å². The average molecular weight is 311 g/mol. The predicted octanol–water partition coefficient (Wildman–Crippen LogP) is 0.623. The molecule has 1 aromatic rings. The number of unbranched alkanes of at least 4 members (excludes halogenated alkanes) is 1. The molecule has 1 heterocycles. The Morgan fingerprint density at radius 3 is 2.81 bits per heavy atom. The van der Waals surface area contributed by atoms with Crippen LogP contribution in [0.2, 0.25) is 0 Å². The molecule has 0 bridgehead atoms. The van der Waals surface area contributed by atoms with Gasteiger partial charge in [-0.3, -0.25) is 24.7 Å². The zero-order valence-electron chi connectivity index (χ0n) is 12.6. The fourth-order valence-electron chi connectivity index (χ4n) is 1.91. The lowest BCUT2D eigenvalue weighted by atomic mass is 9.97. The minimum atomic E-state index is -0.764. The molecule has 2 N–H and O–H groups in total. The molecule has 0 saturated heterocycles. The van der Waals surface area contributed by atoms with Crippen molar-refractivity contribution in [2.24, 2.45) is 7.05 Å². The van der Waals surface area contributed by atoms with Crippen LogP contribution in [0.1, 0.15) is 33.1 Å². The van der Waals surface area contributed by atoms with Crippen molar-refractivity contribution in [2.45, 2.75) is 43.8 Å². The summed E-state index contributed by atoms with van der Waals surface area (Å²) in [6.07, 6.45) is 2.58. The number of aromatic amines is 1. The second kappa shape index (κ2) is 8.00. The van der Waals surface area contributed by atoms with Crippen LogP contribution in [0.5, 0.6) is 0 Å². The lowest BCUT2D eigenvalue weighted by Crippen LogP contribution is -2.40. The number of aromatic nitrogens is 3. The molecule has 0 aromatic carbocycles. The second-order valence-corrected chi connectivity index (χ2v) is 6.04. The third kappa shape index (κ3) is 5.36. The molecule has 0 fully saturated rings. The lowest BCUT2D eigenvalue weighted by Gasteiger charge is -2.22. The Kier molecular flexibility index (Phi) is 6.65. The molecule has 0 aliphatic carbocycles. The first-order valence-electron chi connectivity index (χ1n) is 6.88. The summed E-state index contributed by atoms with van der Waals surface area (Å²) in [7, 11) is 1.65. The highest BCUT2D eigenvalue weighted by Crippen LogP contribution is 2.17. The van der Waals surface area contributed by atoms with Gasteiger partial charge in [0.1, 0.15) is 5.54 Å². The van der Waals surface area contributed by atoms with Gasteiger partial charge in [-0.15, -0.1) is 0 Å². The first-order chi connectivity index (χ1) is 9.91. The third-order valence-corrected chi connectivity index (χ3v) is 4.18. The number of thioether (sulfide) groups is 1. The number of rotatable bonds is 8. The maximum atomic E-state index is 11.2. The number of hydrogen-bond acceptors (Lipinski definition) is 6. The van der Waals surface area contributed by atoms with Crippen molar-refractivity contribution < 1.29 is 0 Å². The number of H-pyrrole nitrogens is 1. The minimum Gasteiger partial charge on any atom is -0.300 e. The molecular weight excluding hydrogens is 290 g/mol. The quantitative estimate of drug-likeness (QED) is 0.414. The monoisotopic (exact) mass is 311 g/mol. The maximum absolute atomic E-state index is 11.2. The molecule has 1 unspecified atom stereocenters. The van der Waals surface area contributed by atoms with Crippen LogP contribution in [-0.4, -0.2) is 32.6 Å². The van der Waals surface area contributed by atoms with E-state index in [0.29, 0.717) is 5.16 Å². The summed E-state index contributed by atoms with van der Waals surface area (Å²) in [5.41, 5.74) is -1.96. The van der Waals surface area contributed by atoms with E-state index in [9.17, 15) is 9.59 Å². The number of aryl methyl sites for hydroxylation is 1. The van der Waals surface area contributed by atoms with E-state index in [1.807, 2.05) is 13.8 Å². The number of nitrogens with zero attached hydrogens (tertiary/aromatic N) is 3.